The third-order valence-electron chi connectivity index (χ3n) is 4.25. The summed E-state index contributed by atoms with van der Waals surface area (Å²) in [5.41, 5.74) is 0. The molecule has 4 atom stereocenters. The molecular weight excluding hydrogens is 160 g/mol. The minimum atomic E-state index is 0.403. The van der Waals surface area contributed by atoms with Gasteiger partial charge in [0.25, 0.3) is 0 Å². The molecule has 74 valence electrons. The lowest BCUT2D eigenvalue weighted by atomic mass is 9.57. The molecule has 0 aromatic rings. The van der Waals surface area contributed by atoms with Crippen molar-refractivity contribution in [3.63, 3.8) is 0 Å². The smallest absolute Gasteiger partial charge is 0.123 e. The van der Waals surface area contributed by atoms with Crippen LogP contribution in [0, 0.1) is 29.6 Å². The second-order valence-electron chi connectivity index (χ2n) is 5.29. The van der Waals surface area contributed by atoms with Gasteiger partial charge in [-0.3, -0.25) is 0 Å². The van der Waals surface area contributed by atoms with E-state index in [9.17, 15) is 4.79 Å². The van der Waals surface area contributed by atoms with E-state index < -0.39 is 0 Å². The van der Waals surface area contributed by atoms with E-state index in [2.05, 4.69) is 13.8 Å². The summed E-state index contributed by atoms with van der Waals surface area (Å²) in [6, 6.07) is 0. The maximum Gasteiger partial charge on any atom is 0.123 e. The van der Waals surface area contributed by atoms with Crippen molar-refractivity contribution in [2.45, 2.75) is 39.5 Å². The van der Waals surface area contributed by atoms with E-state index in [0.717, 1.165) is 23.7 Å². The summed E-state index contributed by atoms with van der Waals surface area (Å²) in [5.74, 6) is 3.60. The fourth-order valence-corrected chi connectivity index (χ4v) is 3.55. The van der Waals surface area contributed by atoms with Crippen LogP contribution in [0.2, 0.25) is 0 Å². The lowest BCUT2D eigenvalue weighted by Gasteiger charge is -2.47. The minimum Gasteiger partial charge on any atom is -0.303 e. The molecule has 0 radical (unpaired) electrons. The van der Waals surface area contributed by atoms with E-state index in [1.54, 1.807) is 0 Å². The molecule has 0 heterocycles. The molecule has 1 nitrogen and oxygen atoms in total. The van der Waals surface area contributed by atoms with Crippen LogP contribution in [0.1, 0.15) is 39.5 Å². The Morgan fingerprint density at radius 2 is 2.00 bits per heavy atom. The summed E-state index contributed by atoms with van der Waals surface area (Å²) in [5, 5.41) is 0. The molecule has 0 amide bonds. The van der Waals surface area contributed by atoms with Gasteiger partial charge in [0, 0.05) is 5.92 Å². The van der Waals surface area contributed by atoms with Crippen molar-refractivity contribution in [3.05, 3.63) is 0 Å². The van der Waals surface area contributed by atoms with E-state index in [1.165, 1.54) is 32.0 Å². The molecule has 0 spiro atoms. The number of fused-ring (bicyclic) bond motifs is 3. The van der Waals surface area contributed by atoms with Gasteiger partial charge in [-0.2, -0.15) is 0 Å². The zero-order chi connectivity index (χ0) is 9.42. The van der Waals surface area contributed by atoms with Crippen molar-refractivity contribution in [2.24, 2.45) is 29.6 Å². The number of rotatable bonds is 2. The first kappa shape index (κ1) is 9.23. The van der Waals surface area contributed by atoms with E-state index in [4.69, 9.17) is 0 Å². The summed E-state index contributed by atoms with van der Waals surface area (Å²) < 4.78 is 0. The Balaban J connectivity index is 2.12. The van der Waals surface area contributed by atoms with E-state index in [-0.39, 0.29) is 0 Å². The molecule has 0 N–H and O–H groups in total. The molecule has 0 saturated heterocycles. The van der Waals surface area contributed by atoms with Crippen LogP contribution in [0.5, 0.6) is 0 Å². The van der Waals surface area contributed by atoms with Crippen molar-refractivity contribution in [2.75, 3.05) is 0 Å². The fourth-order valence-electron chi connectivity index (χ4n) is 3.55. The van der Waals surface area contributed by atoms with Crippen molar-refractivity contribution in [1.82, 2.24) is 0 Å². The lowest BCUT2D eigenvalue weighted by Crippen LogP contribution is -2.40. The highest BCUT2D eigenvalue weighted by molar-refractivity contribution is 5.54. The highest BCUT2D eigenvalue weighted by atomic mass is 16.1. The Hall–Kier alpha value is -0.330. The third kappa shape index (κ3) is 1.53. The highest BCUT2D eigenvalue weighted by Gasteiger charge is 2.42. The van der Waals surface area contributed by atoms with Gasteiger partial charge < -0.3 is 4.79 Å². The number of hydrogen-bond acceptors (Lipinski definition) is 1. The first-order valence-electron chi connectivity index (χ1n) is 5.67. The minimum absolute atomic E-state index is 0.403. The first-order chi connectivity index (χ1) is 6.22. The molecule has 3 aliphatic rings. The van der Waals surface area contributed by atoms with Crippen molar-refractivity contribution in [3.8, 4) is 0 Å². The van der Waals surface area contributed by atoms with E-state index in [0.29, 0.717) is 5.92 Å². The molecule has 0 aliphatic heterocycles. The molecule has 3 aliphatic carbocycles. The van der Waals surface area contributed by atoms with Gasteiger partial charge in [-0.25, -0.2) is 0 Å². The monoisotopic (exact) mass is 180 g/mol. The van der Waals surface area contributed by atoms with Gasteiger partial charge in [-0.05, 0) is 42.9 Å². The Bertz CT molecular complexity index is 197. The van der Waals surface area contributed by atoms with Gasteiger partial charge in [0.05, 0.1) is 0 Å². The van der Waals surface area contributed by atoms with E-state index in [1.807, 2.05) is 0 Å². The summed E-state index contributed by atoms with van der Waals surface area (Å²) in [6.07, 6.45) is 6.52. The summed E-state index contributed by atoms with van der Waals surface area (Å²) in [6.45, 7) is 4.63. The van der Waals surface area contributed by atoms with Gasteiger partial charge in [-0.15, -0.1) is 0 Å². The predicted octanol–water partition coefficient (Wildman–Crippen LogP) is 2.89. The zero-order valence-electron chi connectivity index (χ0n) is 8.70. The second-order valence-corrected chi connectivity index (χ2v) is 5.29. The van der Waals surface area contributed by atoms with Crippen LogP contribution in [0.3, 0.4) is 0 Å². The topological polar surface area (TPSA) is 17.1 Å². The molecule has 3 fully saturated rings. The van der Waals surface area contributed by atoms with E-state index >= 15 is 0 Å². The van der Waals surface area contributed by atoms with Crippen LogP contribution in [0.25, 0.3) is 0 Å². The predicted molar refractivity (Wildman–Crippen MR) is 53.3 cm³/mol. The van der Waals surface area contributed by atoms with Crippen LogP contribution in [0.15, 0.2) is 0 Å². The van der Waals surface area contributed by atoms with Gasteiger partial charge >= 0.3 is 0 Å². The Kier molecular flexibility index (Phi) is 2.44. The van der Waals surface area contributed by atoms with Crippen LogP contribution in [-0.2, 0) is 4.79 Å². The zero-order valence-corrected chi connectivity index (χ0v) is 8.70. The number of carbonyl (C=O) groups excluding carboxylic acids is 1. The summed E-state index contributed by atoms with van der Waals surface area (Å²) in [7, 11) is 0. The first-order valence-corrected chi connectivity index (χ1v) is 5.67. The Labute approximate surface area is 80.9 Å². The lowest BCUT2D eigenvalue weighted by molar-refractivity contribution is -0.118. The van der Waals surface area contributed by atoms with Gasteiger partial charge in [0.2, 0.25) is 0 Å². The van der Waals surface area contributed by atoms with Gasteiger partial charge in [0.15, 0.2) is 0 Å². The van der Waals surface area contributed by atoms with Crippen LogP contribution in [0.4, 0.5) is 0 Å². The average Bonchev–Trinajstić information content (AvgIpc) is 2.18. The quantitative estimate of drug-likeness (QED) is 0.597. The molecular formula is C12H20O. The van der Waals surface area contributed by atoms with Gasteiger partial charge in [0.1, 0.15) is 6.29 Å². The molecule has 0 aromatic heterocycles. The second kappa shape index (κ2) is 3.43. The average molecular weight is 180 g/mol. The molecule has 0 aromatic carbocycles. The standard InChI is InChI=1S/C12H20O/c1-8(2)12-6-9-3-4-11(12)10(5-9)7-13/h7-12H,3-6H2,1-2H3. The third-order valence-corrected chi connectivity index (χ3v) is 4.25. The largest absolute Gasteiger partial charge is 0.303 e. The maximum atomic E-state index is 10.9. The number of carbonyl (C=O) groups is 1. The van der Waals surface area contributed by atoms with Crippen LogP contribution in [-0.4, -0.2) is 6.29 Å². The van der Waals surface area contributed by atoms with Crippen molar-refractivity contribution < 1.29 is 4.79 Å². The molecule has 1 heteroatoms. The molecule has 3 rings (SSSR count). The van der Waals surface area contributed by atoms with Crippen LogP contribution >= 0.6 is 0 Å². The normalized spacial score (nSPS) is 43.9. The highest BCUT2D eigenvalue weighted by Crippen LogP contribution is 2.50. The van der Waals surface area contributed by atoms with Gasteiger partial charge in [-0.1, -0.05) is 20.3 Å². The molecule has 4 unspecified atom stereocenters. The summed E-state index contributed by atoms with van der Waals surface area (Å²) in [4.78, 5) is 10.9. The molecule has 13 heavy (non-hydrogen) atoms. The maximum absolute atomic E-state index is 10.9. The summed E-state index contributed by atoms with van der Waals surface area (Å²) >= 11 is 0. The van der Waals surface area contributed by atoms with Crippen LogP contribution < -0.4 is 0 Å². The van der Waals surface area contributed by atoms with Crippen molar-refractivity contribution >= 4 is 6.29 Å². The molecule has 3 saturated carbocycles. The van der Waals surface area contributed by atoms with Crippen molar-refractivity contribution in [1.29, 1.82) is 0 Å². The number of hydrogen-bond donors (Lipinski definition) is 0. The Morgan fingerprint density at radius 1 is 1.23 bits per heavy atom. The molecule has 2 bridgehead atoms. The SMILES string of the molecule is CC(C)C1CC2CCC1C(C=O)C2. The Morgan fingerprint density at radius 3 is 2.54 bits per heavy atom. The fraction of sp³-hybridized carbons (Fsp3) is 0.917. The number of aldehydes is 1.